The van der Waals surface area contributed by atoms with Crippen LogP contribution in [-0.4, -0.2) is 30.7 Å². The third-order valence-electron chi connectivity index (χ3n) is 2.46. The Kier molecular flexibility index (Phi) is 5.28. The first-order valence-electron chi connectivity index (χ1n) is 5.49. The van der Waals surface area contributed by atoms with Crippen LogP contribution in [-0.2, 0) is 9.53 Å². The van der Waals surface area contributed by atoms with Gasteiger partial charge in [0.25, 0.3) is 0 Å². The van der Waals surface area contributed by atoms with Gasteiger partial charge in [-0.2, -0.15) is 8.78 Å². The van der Waals surface area contributed by atoms with Crippen molar-refractivity contribution in [1.82, 2.24) is 0 Å². The number of methoxy groups -OCH3 is 1. The summed E-state index contributed by atoms with van der Waals surface area (Å²) >= 11 is 5.58. The van der Waals surface area contributed by atoms with Gasteiger partial charge in [-0.15, -0.1) is 0 Å². The molecule has 21 heavy (non-hydrogen) atoms. The third-order valence-corrected chi connectivity index (χ3v) is 2.74. The first-order chi connectivity index (χ1) is 9.70. The lowest BCUT2D eigenvalue weighted by Crippen LogP contribution is -2.36. The molecule has 0 unspecified atom stereocenters. The second kappa shape index (κ2) is 6.55. The van der Waals surface area contributed by atoms with Crippen LogP contribution < -0.4 is 5.73 Å². The number of carbonyl (C=O) groups is 3. The minimum absolute atomic E-state index is 0.0105. The molecule has 1 aliphatic carbocycles. The molecule has 0 atom stereocenters. The number of alkyl halides is 2. The number of fused-ring (bicyclic) bond motifs is 1. The highest BCUT2D eigenvalue weighted by atomic mass is 35.5. The molecular weight excluding hydrogens is 308 g/mol. The van der Waals surface area contributed by atoms with Crippen LogP contribution in [0.25, 0.3) is 0 Å². The van der Waals surface area contributed by atoms with Crippen LogP contribution in [0.4, 0.5) is 8.78 Å². The van der Waals surface area contributed by atoms with Gasteiger partial charge in [0.1, 0.15) is 0 Å². The number of carbonyl (C=O) groups excluding carboxylic acids is 3. The number of primary amides is 1. The molecule has 112 valence electrons. The van der Waals surface area contributed by atoms with Gasteiger partial charge in [0.2, 0.25) is 5.78 Å². The van der Waals surface area contributed by atoms with Crippen molar-refractivity contribution in [3.63, 3.8) is 0 Å². The molecule has 1 aromatic rings. The Balaban J connectivity index is 0.000000240. The number of benzene rings is 1. The van der Waals surface area contributed by atoms with E-state index in [0.29, 0.717) is 18.2 Å². The normalized spacial score (nSPS) is 13.8. The monoisotopic (exact) mass is 317 g/mol. The molecule has 0 saturated heterocycles. The largest absolute Gasteiger partial charge is 0.435 e. The molecule has 1 amide bonds. The maximum absolute atomic E-state index is 11.6. The molecule has 0 spiro atoms. The van der Waals surface area contributed by atoms with Crippen LogP contribution in [0.15, 0.2) is 35.4 Å². The standard InChI is InChI=1S/C10H5ClO2.C3H5F2NO2/c11-8-5-9(12)6-3-1-2-4-7(6)10(8)13;1-8-3(4,5)2(6)7/h1-5H;1H3,(H2,6,7). The van der Waals surface area contributed by atoms with E-state index in [4.69, 9.17) is 11.6 Å². The number of ketones is 2. The fourth-order valence-electron chi connectivity index (χ4n) is 1.38. The quantitative estimate of drug-likeness (QED) is 0.902. The van der Waals surface area contributed by atoms with Crippen molar-refractivity contribution in [1.29, 1.82) is 0 Å². The van der Waals surface area contributed by atoms with E-state index in [1.165, 1.54) is 0 Å². The third kappa shape index (κ3) is 3.93. The summed E-state index contributed by atoms with van der Waals surface area (Å²) in [6, 6.07) is 6.65. The van der Waals surface area contributed by atoms with Crippen LogP contribution in [0.3, 0.4) is 0 Å². The van der Waals surface area contributed by atoms with Gasteiger partial charge in [0.15, 0.2) is 5.78 Å². The van der Waals surface area contributed by atoms with Crippen LogP contribution in [0.1, 0.15) is 20.7 Å². The summed E-state index contributed by atoms with van der Waals surface area (Å²) in [7, 11) is 0.699. The van der Waals surface area contributed by atoms with Crippen molar-refractivity contribution < 1.29 is 27.9 Å². The summed E-state index contributed by atoms with van der Waals surface area (Å²) < 4.78 is 26.5. The van der Waals surface area contributed by atoms with E-state index in [1.54, 1.807) is 24.3 Å². The number of halogens is 3. The molecule has 2 N–H and O–H groups in total. The summed E-state index contributed by atoms with van der Waals surface area (Å²) in [6.45, 7) is 0. The van der Waals surface area contributed by atoms with E-state index in [1.807, 2.05) is 0 Å². The zero-order valence-corrected chi connectivity index (χ0v) is 11.5. The lowest BCUT2D eigenvalue weighted by molar-refractivity contribution is -0.216. The zero-order valence-electron chi connectivity index (χ0n) is 10.7. The number of ether oxygens (including phenoxy) is 1. The Morgan fingerprint density at radius 1 is 1.24 bits per heavy atom. The number of amides is 1. The molecule has 0 saturated carbocycles. The fraction of sp³-hybridized carbons (Fsp3) is 0.154. The summed E-state index contributed by atoms with van der Waals surface area (Å²) in [5, 5.41) is -0.0105. The Labute approximate surface area is 123 Å². The lowest BCUT2D eigenvalue weighted by atomic mass is 9.95. The van der Waals surface area contributed by atoms with E-state index in [9.17, 15) is 23.2 Å². The second-order valence-corrected chi connectivity index (χ2v) is 4.22. The first kappa shape index (κ1) is 16.9. The van der Waals surface area contributed by atoms with Crippen LogP contribution in [0, 0.1) is 0 Å². The average molecular weight is 318 g/mol. The van der Waals surface area contributed by atoms with Gasteiger partial charge in [-0.3, -0.25) is 14.4 Å². The van der Waals surface area contributed by atoms with Gasteiger partial charge in [-0.1, -0.05) is 35.9 Å². The summed E-state index contributed by atoms with van der Waals surface area (Å²) in [6.07, 6.45) is -2.66. The number of hydrogen-bond acceptors (Lipinski definition) is 4. The van der Waals surface area contributed by atoms with Gasteiger partial charge in [-0.25, -0.2) is 0 Å². The molecule has 0 aliphatic heterocycles. The first-order valence-corrected chi connectivity index (χ1v) is 5.86. The van der Waals surface area contributed by atoms with Crippen molar-refractivity contribution in [2.45, 2.75) is 6.11 Å². The lowest BCUT2D eigenvalue weighted by Gasteiger charge is -2.09. The number of Topliss-reactive ketones (excluding diaryl/α,β-unsaturated/α-hetero) is 1. The molecule has 5 nitrogen and oxygen atoms in total. The van der Waals surface area contributed by atoms with Crippen LogP contribution >= 0.6 is 11.6 Å². The smallest absolute Gasteiger partial charge is 0.362 e. The molecular formula is C13H10ClF2NO4. The van der Waals surface area contributed by atoms with Crippen molar-refractivity contribution in [3.8, 4) is 0 Å². The Morgan fingerprint density at radius 3 is 2.19 bits per heavy atom. The number of hydrogen-bond donors (Lipinski definition) is 1. The van der Waals surface area contributed by atoms with E-state index in [0.717, 1.165) is 6.08 Å². The highest BCUT2D eigenvalue weighted by Gasteiger charge is 2.36. The summed E-state index contributed by atoms with van der Waals surface area (Å²) in [5.41, 5.74) is 4.98. The number of allylic oxidation sites excluding steroid dienone is 2. The Bertz CT molecular complexity index is 628. The fourth-order valence-corrected chi connectivity index (χ4v) is 1.58. The summed E-state index contributed by atoms with van der Waals surface area (Å²) in [4.78, 5) is 32.3. The van der Waals surface area contributed by atoms with E-state index >= 15 is 0 Å². The van der Waals surface area contributed by atoms with Gasteiger partial charge < -0.3 is 10.5 Å². The minimum Gasteiger partial charge on any atom is -0.362 e. The average Bonchev–Trinajstić information content (AvgIpc) is 2.45. The molecule has 0 fully saturated rings. The number of nitrogens with two attached hydrogens (primary N) is 1. The van der Waals surface area contributed by atoms with Gasteiger partial charge in [0.05, 0.1) is 5.03 Å². The van der Waals surface area contributed by atoms with E-state index in [2.05, 4.69) is 10.5 Å². The van der Waals surface area contributed by atoms with Gasteiger partial charge in [-0.05, 0) is 0 Å². The van der Waals surface area contributed by atoms with E-state index < -0.39 is 12.0 Å². The van der Waals surface area contributed by atoms with Crippen LogP contribution in [0.5, 0.6) is 0 Å². The van der Waals surface area contributed by atoms with Crippen molar-refractivity contribution >= 4 is 29.1 Å². The molecule has 0 heterocycles. The van der Waals surface area contributed by atoms with E-state index in [-0.39, 0.29) is 16.6 Å². The second-order valence-electron chi connectivity index (χ2n) is 3.82. The SMILES string of the molecule is COC(F)(F)C(N)=O.O=C1C=C(Cl)C(=O)c2ccccc21. The Hall–Kier alpha value is -2.12. The summed E-state index contributed by atoms with van der Waals surface area (Å²) in [5.74, 6) is -2.27. The number of rotatable bonds is 2. The highest BCUT2D eigenvalue weighted by Crippen LogP contribution is 2.22. The zero-order chi connectivity index (χ0) is 16.2. The molecule has 0 radical (unpaired) electrons. The topological polar surface area (TPSA) is 86.5 Å². The maximum atomic E-state index is 11.6. The molecule has 8 heteroatoms. The van der Waals surface area contributed by atoms with Gasteiger partial charge >= 0.3 is 12.0 Å². The molecule has 1 aliphatic rings. The molecule has 0 bridgehead atoms. The molecule has 2 rings (SSSR count). The van der Waals surface area contributed by atoms with Gasteiger partial charge in [0, 0.05) is 24.3 Å². The van der Waals surface area contributed by atoms with Crippen LogP contribution in [0.2, 0.25) is 0 Å². The predicted octanol–water partition coefficient (Wildman–Crippen LogP) is 1.90. The maximum Gasteiger partial charge on any atom is 0.435 e. The molecule has 0 aromatic heterocycles. The van der Waals surface area contributed by atoms with Crippen molar-refractivity contribution in [2.24, 2.45) is 5.73 Å². The molecule has 1 aromatic carbocycles. The Morgan fingerprint density at radius 2 is 1.76 bits per heavy atom. The van der Waals surface area contributed by atoms with Crippen molar-refractivity contribution in [2.75, 3.05) is 7.11 Å². The minimum atomic E-state index is -3.82. The highest BCUT2D eigenvalue weighted by molar-refractivity contribution is 6.48. The predicted molar refractivity (Wildman–Crippen MR) is 70.2 cm³/mol. The van der Waals surface area contributed by atoms with Crippen molar-refractivity contribution in [3.05, 3.63) is 46.5 Å².